The lowest BCUT2D eigenvalue weighted by molar-refractivity contribution is -0.124. The van der Waals surface area contributed by atoms with E-state index in [2.05, 4.69) is 10.6 Å². The van der Waals surface area contributed by atoms with Crippen molar-refractivity contribution in [3.8, 4) is 0 Å². The van der Waals surface area contributed by atoms with Crippen LogP contribution in [0.2, 0.25) is 0 Å². The molecule has 3 aromatic rings. The summed E-state index contributed by atoms with van der Waals surface area (Å²) in [4.78, 5) is 24.9. The van der Waals surface area contributed by atoms with Gasteiger partial charge in [-0.15, -0.1) is 0 Å². The maximum atomic E-state index is 13.6. The summed E-state index contributed by atoms with van der Waals surface area (Å²) < 4.78 is 13.6. The van der Waals surface area contributed by atoms with Crippen LogP contribution in [0.3, 0.4) is 0 Å². The quantitative estimate of drug-likeness (QED) is 0.702. The van der Waals surface area contributed by atoms with E-state index in [9.17, 15) is 14.0 Å². The molecule has 0 unspecified atom stereocenters. The molecule has 3 rings (SSSR count). The Morgan fingerprint density at radius 3 is 1.85 bits per heavy atom. The Morgan fingerprint density at radius 1 is 0.778 bits per heavy atom. The van der Waals surface area contributed by atoms with E-state index in [0.29, 0.717) is 0 Å². The Labute approximate surface area is 157 Å². The van der Waals surface area contributed by atoms with Gasteiger partial charge in [-0.05, 0) is 23.3 Å². The van der Waals surface area contributed by atoms with Gasteiger partial charge in [-0.2, -0.15) is 0 Å². The van der Waals surface area contributed by atoms with E-state index in [1.807, 2.05) is 60.7 Å². The molecule has 0 saturated heterocycles. The van der Waals surface area contributed by atoms with Gasteiger partial charge < -0.3 is 10.6 Å². The van der Waals surface area contributed by atoms with Crippen molar-refractivity contribution in [3.63, 3.8) is 0 Å². The Hall–Kier alpha value is -3.47. The van der Waals surface area contributed by atoms with Crippen molar-refractivity contribution in [2.75, 3.05) is 11.9 Å². The van der Waals surface area contributed by atoms with Gasteiger partial charge in [0.1, 0.15) is 5.82 Å². The summed E-state index contributed by atoms with van der Waals surface area (Å²) in [6.07, 6.45) is 0. The Kier molecular flexibility index (Phi) is 5.94. The average molecular weight is 362 g/mol. The van der Waals surface area contributed by atoms with Crippen molar-refractivity contribution in [1.82, 2.24) is 5.32 Å². The van der Waals surface area contributed by atoms with Crippen LogP contribution in [0.1, 0.15) is 17.0 Å². The maximum Gasteiger partial charge on any atom is 0.243 e. The summed E-state index contributed by atoms with van der Waals surface area (Å²) in [5.74, 6) is -1.85. The van der Waals surface area contributed by atoms with Crippen molar-refractivity contribution >= 4 is 17.5 Å². The Bertz CT molecular complexity index is 874. The highest BCUT2D eigenvalue weighted by Gasteiger charge is 2.22. The first-order valence-corrected chi connectivity index (χ1v) is 8.57. The summed E-state index contributed by atoms with van der Waals surface area (Å²) in [6, 6.07) is 24.6. The molecule has 0 fully saturated rings. The van der Waals surface area contributed by atoms with Crippen LogP contribution in [0.4, 0.5) is 10.1 Å². The topological polar surface area (TPSA) is 58.2 Å². The van der Waals surface area contributed by atoms with E-state index in [4.69, 9.17) is 0 Å². The average Bonchev–Trinajstić information content (AvgIpc) is 2.70. The van der Waals surface area contributed by atoms with E-state index < -0.39 is 17.6 Å². The van der Waals surface area contributed by atoms with E-state index in [1.54, 1.807) is 6.07 Å². The van der Waals surface area contributed by atoms with Crippen molar-refractivity contribution in [2.45, 2.75) is 5.92 Å². The van der Waals surface area contributed by atoms with Gasteiger partial charge in [-0.1, -0.05) is 72.8 Å². The third-order valence-electron chi connectivity index (χ3n) is 4.10. The molecule has 5 heteroatoms. The zero-order chi connectivity index (χ0) is 19.1. The van der Waals surface area contributed by atoms with Crippen LogP contribution in [0, 0.1) is 5.82 Å². The largest absolute Gasteiger partial charge is 0.346 e. The number of para-hydroxylation sites is 1. The van der Waals surface area contributed by atoms with Crippen molar-refractivity contribution in [1.29, 1.82) is 0 Å². The highest BCUT2D eigenvalue weighted by atomic mass is 19.1. The molecule has 4 nitrogen and oxygen atoms in total. The lowest BCUT2D eigenvalue weighted by Crippen LogP contribution is -2.36. The molecule has 0 atom stereocenters. The highest BCUT2D eigenvalue weighted by molar-refractivity contribution is 5.96. The van der Waals surface area contributed by atoms with Gasteiger partial charge in [0.25, 0.3) is 0 Å². The van der Waals surface area contributed by atoms with Crippen molar-refractivity contribution in [3.05, 3.63) is 102 Å². The molecule has 0 spiro atoms. The molecule has 0 bridgehead atoms. The third kappa shape index (κ3) is 4.79. The van der Waals surface area contributed by atoms with Crippen molar-refractivity contribution < 1.29 is 14.0 Å². The molecule has 0 aliphatic carbocycles. The van der Waals surface area contributed by atoms with E-state index in [1.165, 1.54) is 18.2 Å². The van der Waals surface area contributed by atoms with Crippen LogP contribution in [0.5, 0.6) is 0 Å². The lowest BCUT2D eigenvalue weighted by Gasteiger charge is -2.18. The molecule has 0 saturated carbocycles. The molecular weight excluding hydrogens is 343 g/mol. The molecule has 0 heterocycles. The molecule has 2 amide bonds. The normalized spacial score (nSPS) is 10.4. The molecule has 0 aliphatic heterocycles. The first-order valence-electron chi connectivity index (χ1n) is 8.57. The molecule has 0 aliphatic rings. The second kappa shape index (κ2) is 8.76. The second-order valence-electron chi connectivity index (χ2n) is 6.00. The number of hydrogen-bond donors (Lipinski definition) is 2. The van der Waals surface area contributed by atoms with Crippen LogP contribution < -0.4 is 10.6 Å². The standard InChI is InChI=1S/C22H19FN2O2/c23-18-13-7-8-14-19(18)25-20(26)15-24-22(27)21(16-9-3-1-4-10-16)17-11-5-2-6-12-17/h1-14,21H,15H2,(H,24,27)(H,25,26). The van der Waals surface area contributed by atoms with Gasteiger partial charge in [0.15, 0.2) is 0 Å². The maximum absolute atomic E-state index is 13.6. The molecule has 3 aromatic carbocycles. The Morgan fingerprint density at radius 2 is 1.30 bits per heavy atom. The van der Waals surface area contributed by atoms with E-state index >= 15 is 0 Å². The number of rotatable bonds is 6. The van der Waals surface area contributed by atoms with E-state index in [0.717, 1.165) is 11.1 Å². The summed E-state index contributed by atoms with van der Waals surface area (Å²) in [5.41, 5.74) is 1.74. The Balaban J connectivity index is 1.70. The fraction of sp³-hybridized carbons (Fsp3) is 0.0909. The first-order chi connectivity index (χ1) is 13.1. The van der Waals surface area contributed by atoms with Gasteiger partial charge in [-0.25, -0.2) is 4.39 Å². The summed E-state index contributed by atoms with van der Waals surface area (Å²) >= 11 is 0. The SMILES string of the molecule is O=C(CNC(=O)C(c1ccccc1)c1ccccc1)Nc1ccccc1F. The molecule has 0 aromatic heterocycles. The second-order valence-corrected chi connectivity index (χ2v) is 6.00. The number of amides is 2. The highest BCUT2D eigenvalue weighted by Crippen LogP contribution is 2.24. The van der Waals surface area contributed by atoms with Crippen LogP contribution in [0.25, 0.3) is 0 Å². The minimum absolute atomic E-state index is 0.0828. The van der Waals surface area contributed by atoms with Gasteiger partial charge in [0, 0.05) is 0 Å². The van der Waals surface area contributed by atoms with Crippen molar-refractivity contribution in [2.24, 2.45) is 0 Å². The van der Waals surface area contributed by atoms with Crippen LogP contribution in [0.15, 0.2) is 84.9 Å². The number of anilines is 1. The predicted octanol–water partition coefficient (Wildman–Crippen LogP) is 3.71. The monoisotopic (exact) mass is 362 g/mol. The number of carbonyl (C=O) groups is 2. The number of hydrogen-bond acceptors (Lipinski definition) is 2. The zero-order valence-corrected chi connectivity index (χ0v) is 14.6. The smallest absolute Gasteiger partial charge is 0.243 e. The fourth-order valence-corrected chi connectivity index (χ4v) is 2.81. The molecule has 136 valence electrons. The van der Waals surface area contributed by atoms with E-state index in [-0.39, 0.29) is 18.1 Å². The van der Waals surface area contributed by atoms with Gasteiger partial charge in [0.05, 0.1) is 18.2 Å². The first kappa shape index (κ1) is 18.3. The number of carbonyl (C=O) groups excluding carboxylic acids is 2. The van der Waals surface area contributed by atoms with Crippen LogP contribution in [-0.4, -0.2) is 18.4 Å². The van der Waals surface area contributed by atoms with Gasteiger partial charge in [0.2, 0.25) is 11.8 Å². The zero-order valence-electron chi connectivity index (χ0n) is 14.6. The minimum atomic E-state index is -0.534. The van der Waals surface area contributed by atoms with Gasteiger partial charge in [-0.3, -0.25) is 9.59 Å². The lowest BCUT2D eigenvalue weighted by atomic mass is 9.90. The van der Waals surface area contributed by atoms with Gasteiger partial charge >= 0.3 is 0 Å². The summed E-state index contributed by atoms with van der Waals surface area (Å²) in [7, 11) is 0. The van der Waals surface area contributed by atoms with Crippen LogP contribution >= 0.6 is 0 Å². The molecule has 0 radical (unpaired) electrons. The molecule has 27 heavy (non-hydrogen) atoms. The minimum Gasteiger partial charge on any atom is -0.346 e. The molecular formula is C22H19FN2O2. The fourth-order valence-electron chi connectivity index (χ4n) is 2.81. The number of benzene rings is 3. The summed E-state index contributed by atoms with van der Waals surface area (Å²) in [6.45, 7) is -0.247. The predicted molar refractivity (Wildman–Crippen MR) is 103 cm³/mol. The van der Waals surface area contributed by atoms with Crippen LogP contribution in [-0.2, 0) is 9.59 Å². The summed E-state index contributed by atoms with van der Waals surface area (Å²) in [5, 5.41) is 5.10. The number of halogens is 1. The molecule has 2 N–H and O–H groups in total. The third-order valence-corrected chi connectivity index (χ3v) is 4.10. The number of nitrogens with one attached hydrogen (secondary N) is 2.